The molecule has 1 rings (SSSR count). The minimum atomic E-state index is -1.40. The first-order valence-electron chi connectivity index (χ1n) is 4.92. The third-order valence-electron chi connectivity index (χ3n) is 3.38. The Morgan fingerprint density at radius 2 is 1.71 bits per heavy atom. The normalized spacial score (nSPS) is 33.2. The van der Waals surface area contributed by atoms with Gasteiger partial charge in [0.05, 0.1) is 11.2 Å². The lowest BCUT2D eigenvalue weighted by molar-refractivity contribution is -0.0177. The quantitative estimate of drug-likeness (QED) is 0.639. The molecule has 0 aromatic carbocycles. The molecule has 1 heterocycles. The van der Waals surface area contributed by atoms with E-state index in [1.807, 2.05) is 27.6 Å². The maximum absolute atomic E-state index is 9.18. The Labute approximate surface area is 85.9 Å². The van der Waals surface area contributed by atoms with E-state index in [0.29, 0.717) is 0 Å². The summed E-state index contributed by atoms with van der Waals surface area (Å²) in [5.74, 6) is -0.401. The van der Waals surface area contributed by atoms with Gasteiger partial charge in [-0.25, -0.2) is 0 Å². The zero-order chi connectivity index (χ0) is 11.1. The average Bonchev–Trinajstić information content (AvgIpc) is 2.20. The fourth-order valence-corrected chi connectivity index (χ4v) is 1.98. The highest BCUT2D eigenvalue weighted by Crippen LogP contribution is 2.45. The molecule has 0 radical (unpaired) electrons. The third-order valence-corrected chi connectivity index (χ3v) is 3.38. The van der Waals surface area contributed by atoms with Crippen molar-refractivity contribution in [3.8, 4) is 0 Å². The summed E-state index contributed by atoms with van der Waals surface area (Å²) in [7, 11) is -1.70. The Morgan fingerprint density at radius 1 is 1.21 bits per heavy atom. The van der Waals surface area contributed by atoms with Crippen LogP contribution in [-0.4, -0.2) is 35.5 Å². The molecule has 1 aliphatic rings. The average molecular weight is 200 g/mol. The summed E-state index contributed by atoms with van der Waals surface area (Å²) in [4.78, 5) is 0. The summed E-state index contributed by atoms with van der Waals surface area (Å²) < 4.78 is 11.2. The molecule has 2 N–H and O–H groups in total. The van der Waals surface area contributed by atoms with Gasteiger partial charge in [0, 0.05) is 5.82 Å². The van der Waals surface area contributed by atoms with Gasteiger partial charge in [-0.15, -0.1) is 0 Å². The van der Waals surface area contributed by atoms with E-state index >= 15 is 0 Å². The second kappa shape index (κ2) is 3.52. The second-order valence-corrected chi connectivity index (χ2v) is 4.62. The zero-order valence-electron chi connectivity index (χ0n) is 9.44. The standard InChI is InChI=1S/C8H18B2O4/c1-6(10(11)12)8(4)7(2,3)13-9(5)14-8/h6,11-12H,1-5H3. The third kappa shape index (κ3) is 1.72. The summed E-state index contributed by atoms with van der Waals surface area (Å²) in [5.41, 5.74) is -1.20. The largest absolute Gasteiger partial charge is 0.457 e. The first-order valence-corrected chi connectivity index (χ1v) is 4.92. The Kier molecular flexibility index (Phi) is 3.03. The van der Waals surface area contributed by atoms with E-state index in [-0.39, 0.29) is 7.12 Å². The van der Waals surface area contributed by atoms with E-state index in [1.54, 1.807) is 6.92 Å². The van der Waals surface area contributed by atoms with Gasteiger partial charge >= 0.3 is 14.2 Å². The zero-order valence-corrected chi connectivity index (χ0v) is 9.44. The van der Waals surface area contributed by atoms with Crippen LogP contribution in [0.3, 0.4) is 0 Å². The first kappa shape index (κ1) is 12.0. The highest BCUT2D eigenvalue weighted by molar-refractivity contribution is 6.46. The molecule has 0 spiro atoms. The van der Waals surface area contributed by atoms with Crippen LogP contribution in [0.5, 0.6) is 0 Å². The molecule has 14 heavy (non-hydrogen) atoms. The summed E-state index contributed by atoms with van der Waals surface area (Å²) >= 11 is 0. The van der Waals surface area contributed by atoms with Crippen molar-refractivity contribution in [2.45, 2.75) is 51.5 Å². The SMILES string of the molecule is CB1OC(C)(C)C(C)(C(C)B(O)O)O1. The van der Waals surface area contributed by atoms with E-state index < -0.39 is 24.1 Å². The van der Waals surface area contributed by atoms with Crippen LogP contribution < -0.4 is 0 Å². The lowest BCUT2D eigenvalue weighted by Gasteiger charge is -2.41. The minimum absolute atomic E-state index is 0.309. The fraction of sp³-hybridized carbons (Fsp3) is 1.00. The van der Waals surface area contributed by atoms with Crippen molar-refractivity contribution in [2.24, 2.45) is 0 Å². The van der Waals surface area contributed by atoms with Crippen LogP contribution in [0.2, 0.25) is 12.6 Å². The molecule has 0 aromatic heterocycles. The van der Waals surface area contributed by atoms with Gasteiger partial charge in [-0.05, 0) is 27.6 Å². The molecule has 1 aliphatic heterocycles. The van der Waals surface area contributed by atoms with E-state index in [9.17, 15) is 10.0 Å². The summed E-state index contributed by atoms with van der Waals surface area (Å²) in [6, 6.07) is 0. The Balaban J connectivity index is 2.93. The number of hydrogen-bond donors (Lipinski definition) is 2. The molecule has 0 aliphatic carbocycles. The maximum Gasteiger partial charge on any atom is 0.457 e. The summed E-state index contributed by atoms with van der Waals surface area (Å²) in [5, 5.41) is 18.4. The van der Waals surface area contributed by atoms with Gasteiger partial charge in [0.2, 0.25) is 0 Å². The van der Waals surface area contributed by atoms with Crippen molar-refractivity contribution in [3.63, 3.8) is 0 Å². The van der Waals surface area contributed by atoms with Crippen molar-refractivity contribution in [1.82, 2.24) is 0 Å². The van der Waals surface area contributed by atoms with E-state index in [1.165, 1.54) is 0 Å². The predicted molar refractivity (Wildman–Crippen MR) is 55.9 cm³/mol. The monoisotopic (exact) mass is 200 g/mol. The van der Waals surface area contributed by atoms with Crippen LogP contribution in [-0.2, 0) is 9.31 Å². The molecule has 0 saturated carbocycles. The molecule has 4 nitrogen and oxygen atoms in total. The number of hydrogen-bond acceptors (Lipinski definition) is 4. The Bertz CT molecular complexity index is 221. The highest BCUT2D eigenvalue weighted by atomic mass is 16.7. The van der Waals surface area contributed by atoms with Gasteiger partial charge in [-0.1, -0.05) is 6.92 Å². The van der Waals surface area contributed by atoms with Crippen LogP contribution in [0.25, 0.3) is 0 Å². The molecule has 0 aromatic rings. The van der Waals surface area contributed by atoms with Crippen LogP contribution in [0.4, 0.5) is 0 Å². The Morgan fingerprint density at radius 3 is 2.00 bits per heavy atom. The maximum atomic E-state index is 9.18. The van der Waals surface area contributed by atoms with Crippen molar-refractivity contribution in [2.75, 3.05) is 0 Å². The number of rotatable bonds is 2. The minimum Gasteiger partial charge on any atom is -0.427 e. The van der Waals surface area contributed by atoms with Crippen LogP contribution >= 0.6 is 0 Å². The van der Waals surface area contributed by atoms with Gasteiger partial charge in [0.15, 0.2) is 0 Å². The van der Waals surface area contributed by atoms with Crippen LogP contribution in [0.1, 0.15) is 27.7 Å². The molecule has 0 bridgehead atoms. The van der Waals surface area contributed by atoms with Crippen molar-refractivity contribution < 1.29 is 19.4 Å². The van der Waals surface area contributed by atoms with E-state index in [4.69, 9.17) is 9.31 Å². The lowest BCUT2D eigenvalue weighted by atomic mass is 9.60. The summed E-state index contributed by atoms with van der Waals surface area (Å²) in [6.45, 7) is 9.20. The molecule has 0 amide bonds. The lowest BCUT2D eigenvalue weighted by Crippen LogP contribution is -2.51. The molecular formula is C8H18B2O4. The Hall–Kier alpha value is -0.0301. The van der Waals surface area contributed by atoms with Gasteiger partial charge in [-0.3, -0.25) is 0 Å². The van der Waals surface area contributed by atoms with Gasteiger partial charge in [-0.2, -0.15) is 0 Å². The van der Waals surface area contributed by atoms with Gasteiger partial charge in [0.1, 0.15) is 0 Å². The fourth-order valence-electron chi connectivity index (χ4n) is 1.98. The van der Waals surface area contributed by atoms with Crippen molar-refractivity contribution in [1.29, 1.82) is 0 Å². The van der Waals surface area contributed by atoms with Gasteiger partial charge in [0.25, 0.3) is 0 Å². The topological polar surface area (TPSA) is 58.9 Å². The predicted octanol–water partition coefficient (Wildman–Crippen LogP) is 0.551. The van der Waals surface area contributed by atoms with E-state index in [0.717, 1.165) is 0 Å². The molecule has 2 atom stereocenters. The van der Waals surface area contributed by atoms with E-state index in [2.05, 4.69) is 0 Å². The molecule has 80 valence electrons. The second-order valence-electron chi connectivity index (χ2n) is 4.62. The molecule has 1 saturated heterocycles. The van der Waals surface area contributed by atoms with Crippen molar-refractivity contribution in [3.05, 3.63) is 0 Å². The van der Waals surface area contributed by atoms with Crippen LogP contribution in [0.15, 0.2) is 0 Å². The molecule has 1 fully saturated rings. The molecule has 2 unspecified atom stereocenters. The smallest absolute Gasteiger partial charge is 0.427 e. The molecular weight excluding hydrogens is 182 g/mol. The van der Waals surface area contributed by atoms with Gasteiger partial charge < -0.3 is 19.4 Å². The highest BCUT2D eigenvalue weighted by Gasteiger charge is 2.57. The van der Waals surface area contributed by atoms with Crippen LogP contribution in [0, 0.1) is 0 Å². The molecule has 6 heteroatoms. The van der Waals surface area contributed by atoms with Crippen molar-refractivity contribution >= 4 is 14.2 Å². The first-order chi connectivity index (χ1) is 6.21. The summed E-state index contributed by atoms with van der Waals surface area (Å²) in [6.07, 6.45) is 0.